The van der Waals surface area contributed by atoms with Crippen LogP contribution in [0, 0.1) is 35.5 Å². The monoisotopic (exact) mass is 422 g/mol. The summed E-state index contributed by atoms with van der Waals surface area (Å²) in [5.74, 6) is 5.83. The van der Waals surface area contributed by atoms with Crippen LogP contribution in [0.1, 0.15) is 107 Å². The molecule has 6 atom stereocenters. The van der Waals surface area contributed by atoms with E-state index in [0.717, 1.165) is 25.7 Å². The number of benzene rings is 1. The topological polar surface area (TPSA) is 40.5 Å². The van der Waals surface area contributed by atoms with Gasteiger partial charge >= 0.3 is 0 Å². The second kappa shape index (κ2) is 9.99. The van der Waals surface area contributed by atoms with E-state index in [-0.39, 0.29) is 11.5 Å². The Morgan fingerprint density at radius 3 is 2.55 bits per heavy atom. The second-order valence-electron chi connectivity index (χ2n) is 11.0. The number of hydrogen-bond acceptors (Lipinski definition) is 2. The highest BCUT2D eigenvalue weighted by Crippen LogP contribution is 2.62. The van der Waals surface area contributed by atoms with Gasteiger partial charge in [0.2, 0.25) is 0 Å². The minimum absolute atomic E-state index is 0.116. The Balaban J connectivity index is 1.39. The van der Waals surface area contributed by atoms with Crippen molar-refractivity contribution < 1.29 is 10.2 Å². The fourth-order valence-electron chi connectivity index (χ4n) is 7.55. The van der Waals surface area contributed by atoms with Crippen molar-refractivity contribution in [3.05, 3.63) is 29.3 Å². The van der Waals surface area contributed by atoms with E-state index in [2.05, 4.69) is 18.9 Å². The molecule has 2 nitrogen and oxygen atoms in total. The van der Waals surface area contributed by atoms with Gasteiger partial charge in [0, 0.05) is 6.42 Å². The lowest BCUT2D eigenvalue weighted by molar-refractivity contribution is -0.0396. The fraction of sp³-hybridized carbons (Fsp3) is 0.724. The number of hydrogen-bond donors (Lipinski definition) is 2. The van der Waals surface area contributed by atoms with Gasteiger partial charge in [0.05, 0.1) is 6.10 Å². The smallest absolute Gasteiger partial charge is 0.115 e. The number of fused-ring (bicyclic) bond motifs is 5. The highest BCUT2D eigenvalue weighted by atomic mass is 16.3. The lowest BCUT2D eigenvalue weighted by Gasteiger charge is -2.53. The summed E-state index contributed by atoms with van der Waals surface area (Å²) in [7, 11) is 0. The van der Waals surface area contributed by atoms with Crippen LogP contribution >= 0.6 is 0 Å². The van der Waals surface area contributed by atoms with E-state index in [1.165, 1.54) is 75.3 Å². The number of aliphatic hydroxyl groups excluding tert-OH is 1. The van der Waals surface area contributed by atoms with E-state index in [9.17, 15) is 10.2 Å². The Bertz CT molecular complexity index is 777. The Kier molecular flexibility index (Phi) is 7.33. The largest absolute Gasteiger partial charge is 0.508 e. The molecule has 0 aromatic heterocycles. The number of aromatic hydroxyl groups is 1. The first-order chi connectivity index (χ1) is 15.0. The molecule has 0 amide bonds. The van der Waals surface area contributed by atoms with Crippen molar-refractivity contribution in [1.29, 1.82) is 0 Å². The van der Waals surface area contributed by atoms with Crippen LogP contribution in [-0.4, -0.2) is 16.3 Å². The minimum atomic E-state index is -0.116. The van der Waals surface area contributed by atoms with E-state index in [4.69, 9.17) is 6.42 Å². The molecule has 0 saturated heterocycles. The lowest BCUT2D eigenvalue weighted by atomic mass is 9.52. The third-order valence-electron chi connectivity index (χ3n) is 9.23. The lowest BCUT2D eigenvalue weighted by Crippen LogP contribution is -2.47. The number of terminal acetylenes is 1. The molecule has 2 heteroatoms. The Morgan fingerprint density at radius 1 is 1.03 bits per heavy atom. The number of aliphatic hydroxyl groups is 1. The van der Waals surface area contributed by atoms with Crippen molar-refractivity contribution in [2.75, 3.05) is 0 Å². The summed E-state index contributed by atoms with van der Waals surface area (Å²) < 4.78 is 0. The molecule has 0 heterocycles. The number of unbranched alkanes of at least 4 members (excludes halogenated alkanes) is 7. The molecule has 4 rings (SSSR count). The van der Waals surface area contributed by atoms with E-state index < -0.39 is 0 Å². The summed E-state index contributed by atoms with van der Waals surface area (Å²) in [6, 6.07) is 6.12. The molecule has 0 spiro atoms. The molecule has 170 valence electrons. The molecular formula is C29H42O2. The van der Waals surface area contributed by atoms with Gasteiger partial charge in [-0.15, -0.1) is 12.3 Å². The van der Waals surface area contributed by atoms with Gasteiger partial charge in [-0.05, 0) is 97.3 Å². The molecular weight excluding hydrogens is 380 g/mol. The number of phenolic OH excluding ortho intramolecular Hbond substituents is 1. The average molecular weight is 423 g/mol. The zero-order valence-electron chi connectivity index (χ0n) is 19.5. The van der Waals surface area contributed by atoms with Crippen LogP contribution in [0.4, 0.5) is 0 Å². The van der Waals surface area contributed by atoms with Gasteiger partial charge in [0.15, 0.2) is 0 Å². The molecule has 0 bridgehead atoms. The first-order valence-electron chi connectivity index (χ1n) is 13.0. The van der Waals surface area contributed by atoms with Gasteiger partial charge < -0.3 is 10.2 Å². The van der Waals surface area contributed by atoms with Crippen molar-refractivity contribution >= 4 is 0 Å². The van der Waals surface area contributed by atoms with E-state index in [1.54, 1.807) is 0 Å². The van der Waals surface area contributed by atoms with Gasteiger partial charge in [-0.1, -0.05) is 51.5 Å². The predicted octanol–water partition coefficient (Wildman–Crippen LogP) is 6.98. The molecule has 2 fully saturated rings. The minimum Gasteiger partial charge on any atom is -0.508 e. The summed E-state index contributed by atoms with van der Waals surface area (Å²) >= 11 is 0. The summed E-state index contributed by atoms with van der Waals surface area (Å²) in [6.45, 7) is 2.37. The SMILES string of the molecule is C#CCCCCCCCCC[C@@H]1Cc2cc(O)ccc2[C@H]2CC[C@]3(C)[C@@H](O)CC[C@H]3[C@H]12. The predicted molar refractivity (Wildman–Crippen MR) is 128 cm³/mol. The zero-order chi connectivity index (χ0) is 21.8. The first-order valence-corrected chi connectivity index (χ1v) is 13.0. The summed E-state index contributed by atoms with van der Waals surface area (Å²) in [5.41, 5.74) is 3.00. The van der Waals surface area contributed by atoms with Crippen LogP contribution in [0.15, 0.2) is 18.2 Å². The molecule has 3 aliphatic rings. The molecule has 1 aromatic rings. The maximum atomic E-state index is 10.8. The summed E-state index contributed by atoms with van der Waals surface area (Å²) in [4.78, 5) is 0. The van der Waals surface area contributed by atoms with E-state index >= 15 is 0 Å². The van der Waals surface area contributed by atoms with Crippen molar-refractivity contribution in [2.24, 2.45) is 23.2 Å². The van der Waals surface area contributed by atoms with E-state index in [0.29, 0.717) is 29.4 Å². The fourth-order valence-corrected chi connectivity index (χ4v) is 7.55. The molecule has 1 aromatic carbocycles. The van der Waals surface area contributed by atoms with Gasteiger partial charge in [0.1, 0.15) is 5.75 Å². The second-order valence-corrected chi connectivity index (χ2v) is 11.0. The maximum Gasteiger partial charge on any atom is 0.115 e. The van der Waals surface area contributed by atoms with E-state index in [1.807, 2.05) is 12.1 Å². The Morgan fingerprint density at radius 2 is 1.77 bits per heavy atom. The van der Waals surface area contributed by atoms with Crippen molar-refractivity contribution in [3.63, 3.8) is 0 Å². The molecule has 31 heavy (non-hydrogen) atoms. The maximum absolute atomic E-state index is 10.8. The standard InChI is InChI=1S/C29H42O2/c1-3-4-5-6-7-8-9-10-11-12-21-19-22-20-23(30)13-14-24(22)25-17-18-29(2)26(28(21)25)15-16-27(29)31/h1,13-14,20-21,25-28,30-31H,4-12,15-19H2,2H3/t21-,25-,26+,27+,28-,29+/m1/s1. The van der Waals surface area contributed by atoms with Crippen LogP contribution in [0.3, 0.4) is 0 Å². The number of phenols is 1. The molecule has 2 N–H and O–H groups in total. The molecule has 0 radical (unpaired) electrons. The molecule has 0 aliphatic heterocycles. The summed E-state index contributed by atoms with van der Waals surface area (Å²) in [5, 5.41) is 20.9. The summed E-state index contributed by atoms with van der Waals surface area (Å²) in [6.07, 6.45) is 22.2. The van der Waals surface area contributed by atoms with Crippen molar-refractivity contribution in [3.8, 4) is 18.1 Å². The third kappa shape index (κ3) is 4.68. The average Bonchev–Trinajstić information content (AvgIpc) is 3.06. The Labute approximate surface area is 189 Å². The normalized spacial score (nSPS) is 33.9. The van der Waals surface area contributed by atoms with Crippen LogP contribution in [0.25, 0.3) is 0 Å². The van der Waals surface area contributed by atoms with Crippen molar-refractivity contribution in [1.82, 2.24) is 0 Å². The van der Waals surface area contributed by atoms with Crippen LogP contribution in [0.2, 0.25) is 0 Å². The van der Waals surface area contributed by atoms with Gasteiger partial charge in [-0.25, -0.2) is 0 Å². The first kappa shape index (κ1) is 22.7. The van der Waals surface area contributed by atoms with Gasteiger partial charge in [0.25, 0.3) is 0 Å². The highest BCUT2D eigenvalue weighted by Gasteiger charge is 2.56. The Hall–Kier alpha value is -1.46. The van der Waals surface area contributed by atoms with Crippen molar-refractivity contribution in [2.45, 2.75) is 109 Å². The van der Waals surface area contributed by atoms with Crippen LogP contribution < -0.4 is 0 Å². The number of rotatable bonds is 9. The molecule has 0 unspecified atom stereocenters. The quantitative estimate of drug-likeness (QED) is 0.333. The van der Waals surface area contributed by atoms with Gasteiger partial charge in [-0.2, -0.15) is 0 Å². The zero-order valence-corrected chi connectivity index (χ0v) is 19.5. The van der Waals surface area contributed by atoms with Gasteiger partial charge in [-0.3, -0.25) is 0 Å². The highest BCUT2D eigenvalue weighted by molar-refractivity contribution is 5.40. The third-order valence-corrected chi connectivity index (χ3v) is 9.23. The van der Waals surface area contributed by atoms with Crippen LogP contribution in [0.5, 0.6) is 5.75 Å². The molecule has 3 aliphatic carbocycles. The van der Waals surface area contributed by atoms with Crippen LogP contribution in [-0.2, 0) is 6.42 Å². The molecule has 2 saturated carbocycles.